The number of rotatable bonds is 7. The lowest BCUT2D eigenvalue weighted by atomic mass is 10.1. The van der Waals surface area contributed by atoms with Gasteiger partial charge >= 0.3 is 0 Å². The molecule has 1 N–H and O–H groups in total. The molecule has 0 bridgehead atoms. The van der Waals surface area contributed by atoms with Gasteiger partial charge in [-0.1, -0.05) is 11.6 Å². The zero-order chi connectivity index (χ0) is 22.6. The van der Waals surface area contributed by atoms with Crippen molar-refractivity contribution in [3.8, 4) is 28.5 Å². The second kappa shape index (κ2) is 9.51. The first-order valence-electron chi connectivity index (χ1n) is 10.2. The van der Waals surface area contributed by atoms with E-state index in [1.807, 2.05) is 41.8 Å². The van der Waals surface area contributed by atoms with Crippen LogP contribution in [0.4, 0.5) is 5.13 Å². The molecule has 8 nitrogen and oxygen atoms in total. The van der Waals surface area contributed by atoms with Crippen molar-refractivity contribution in [3.63, 3.8) is 0 Å². The van der Waals surface area contributed by atoms with Crippen LogP contribution >= 0.6 is 22.9 Å². The maximum Gasteiger partial charge on any atom is 0.203 e. The fourth-order valence-electron chi connectivity index (χ4n) is 3.42. The van der Waals surface area contributed by atoms with E-state index < -0.39 is 0 Å². The molecule has 5 rings (SSSR count). The highest BCUT2D eigenvalue weighted by Crippen LogP contribution is 2.35. The minimum Gasteiger partial charge on any atom is -0.496 e. The molecule has 0 fully saturated rings. The van der Waals surface area contributed by atoms with Crippen molar-refractivity contribution < 1.29 is 14.2 Å². The molecule has 1 aliphatic heterocycles. The number of hydrogen-bond acceptors (Lipinski definition) is 8. The fourth-order valence-corrected chi connectivity index (χ4v) is 4.25. The van der Waals surface area contributed by atoms with Crippen LogP contribution in [-0.4, -0.2) is 41.3 Å². The molecule has 0 unspecified atom stereocenters. The van der Waals surface area contributed by atoms with E-state index >= 15 is 0 Å². The van der Waals surface area contributed by atoms with Gasteiger partial charge in [0.05, 0.1) is 36.8 Å². The number of thiazole rings is 1. The topological polar surface area (TPSA) is 82.8 Å². The van der Waals surface area contributed by atoms with Gasteiger partial charge in [-0.3, -0.25) is 10.1 Å². The number of hydrogen-bond donors (Lipinski definition) is 1. The molecular weight excluding hydrogens is 462 g/mol. The summed E-state index contributed by atoms with van der Waals surface area (Å²) in [6, 6.07) is 11.7. The predicted octanol–water partition coefficient (Wildman–Crippen LogP) is 4.93. The average molecular weight is 482 g/mol. The van der Waals surface area contributed by atoms with E-state index in [-0.39, 0.29) is 0 Å². The third kappa shape index (κ3) is 4.94. The number of ether oxygens (including phenoxy) is 3. The largest absolute Gasteiger partial charge is 0.496 e. The molecule has 0 spiro atoms. The minimum atomic E-state index is 0.538. The molecule has 33 heavy (non-hydrogen) atoms. The van der Waals surface area contributed by atoms with E-state index in [2.05, 4.69) is 20.6 Å². The Morgan fingerprint density at radius 2 is 2.09 bits per heavy atom. The Kier molecular flexibility index (Phi) is 6.14. The van der Waals surface area contributed by atoms with Crippen molar-refractivity contribution in [2.75, 3.05) is 25.7 Å². The van der Waals surface area contributed by atoms with Crippen molar-refractivity contribution in [3.05, 3.63) is 70.3 Å². The molecule has 1 aliphatic rings. The van der Waals surface area contributed by atoms with E-state index in [9.17, 15) is 0 Å². The monoisotopic (exact) mass is 481 g/mol. The Hall–Kier alpha value is -3.56. The summed E-state index contributed by atoms with van der Waals surface area (Å²) in [4.78, 5) is 4.62. The maximum atomic E-state index is 5.97. The zero-order valence-electron chi connectivity index (χ0n) is 17.7. The summed E-state index contributed by atoms with van der Waals surface area (Å²) in [7, 11) is 1.64. The van der Waals surface area contributed by atoms with Crippen LogP contribution < -0.4 is 19.6 Å². The summed E-state index contributed by atoms with van der Waals surface area (Å²) < 4.78 is 18.5. The lowest BCUT2D eigenvalue weighted by molar-refractivity contribution is 0.171. The fraction of sp³-hybridized carbons (Fsp3) is 0.174. The second-order valence-corrected chi connectivity index (χ2v) is 8.49. The summed E-state index contributed by atoms with van der Waals surface area (Å²) in [5.41, 5.74) is 6.70. The van der Waals surface area contributed by atoms with Crippen molar-refractivity contribution in [1.82, 2.24) is 14.8 Å². The van der Waals surface area contributed by atoms with Gasteiger partial charge in [-0.2, -0.15) is 10.2 Å². The summed E-state index contributed by atoms with van der Waals surface area (Å²) in [6.07, 6.45) is 5.12. The Morgan fingerprint density at radius 3 is 2.91 bits per heavy atom. The van der Waals surface area contributed by atoms with E-state index in [4.69, 9.17) is 25.8 Å². The standard InChI is InChI=1S/C23H20ClN5O3S/c1-30-20-4-2-15(8-17(20)12-29-13-18(24)11-26-29)10-25-28-23-27-19(14-33-23)16-3-5-21-22(9-16)32-7-6-31-21/h2-5,8-11,13-14H,6-7,12H2,1H3,(H,27,28)/b25-10+. The van der Waals surface area contributed by atoms with Crippen LogP contribution in [0.3, 0.4) is 0 Å². The second-order valence-electron chi connectivity index (χ2n) is 7.19. The molecule has 0 saturated carbocycles. The van der Waals surface area contributed by atoms with E-state index in [1.54, 1.807) is 30.4 Å². The average Bonchev–Trinajstić information content (AvgIpc) is 3.48. The van der Waals surface area contributed by atoms with Gasteiger partial charge < -0.3 is 14.2 Å². The summed E-state index contributed by atoms with van der Waals surface area (Å²) in [5.74, 6) is 2.28. The number of halogens is 1. The first-order chi connectivity index (χ1) is 16.2. The summed E-state index contributed by atoms with van der Waals surface area (Å²) in [6.45, 7) is 1.66. The smallest absolute Gasteiger partial charge is 0.203 e. The summed E-state index contributed by atoms with van der Waals surface area (Å²) in [5, 5.41) is 11.8. The van der Waals surface area contributed by atoms with Crippen LogP contribution in [0.5, 0.6) is 17.2 Å². The van der Waals surface area contributed by atoms with Crippen LogP contribution in [0.1, 0.15) is 11.1 Å². The number of nitrogens with zero attached hydrogens (tertiary/aromatic N) is 4. The molecule has 2 aromatic carbocycles. The molecule has 0 atom stereocenters. The Morgan fingerprint density at radius 1 is 1.21 bits per heavy atom. The van der Waals surface area contributed by atoms with Gasteiger partial charge in [0.1, 0.15) is 19.0 Å². The van der Waals surface area contributed by atoms with Crippen molar-refractivity contribution >= 4 is 34.3 Å². The van der Waals surface area contributed by atoms with Crippen LogP contribution in [0, 0.1) is 0 Å². The molecular formula is C23H20ClN5O3S. The van der Waals surface area contributed by atoms with Crippen LogP contribution in [0.25, 0.3) is 11.3 Å². The third-order valence-corrected chi connectivity index (χ3v) is 5.90. The van der Waals surface area contributed by atoms with Crippen molar-refractivity contribution in [1.29, 1.82) is 0 Å². The number of methoxy groups -OCH3 is 1. The van der Waals surface area contributed by atoms with Crippen LogP contribution in [0.15, 0.2) is 59.3 Å². The molecule has 0 radical (unpaired) electrons. The minimum absolute atomic E-state index is 0.538. The SMILES string of the molecule is COc1ccc(/C=N/Nc2nc(-c3ccc4c(c3)OCCO4)cs2)cc1Cn1cc(Cl)cn1. The number of hydrazone groups is 1. The van der Waals surface area contributed by atoms with Crippen LogP contribution in [-0.2, 0) is 6.54 Å². The number of anilines is 1. The molecule has 3 heterocycles. The van der Waals surface area contributed by atoms with Gasteiger partial charge in [-0.05, 0) is 42.0 Å². The molecule has 10 heteroatoms. The lowest BCUT2D eigenvalue weighted by Gasteiger charge is -2.18. The summed E-state index contributed by atoms with van der Waals surface area (Å²) >= 11 is 7.45. The van der Waals surface area contributed by atoms with Gasteiger partial charge in [0.15, 0.2) is 11.5 Å². The van der Waals surface area contributed by atoms with Gasteiger partial charge in [-0.25, -0.2) is 4.98 Å². The van der Waals surface area contributed by atoms with Gasteiger partial charge in [0, 0.05) is 22.7 Å². The highest BCUT2D eigenvalue weighted by molar-refractivity contribution is 7.14. The van der Waals surface area contributed by atoms with Crippen LogP contribution in [0.2, 0.25) is 5.02 Å². The molecule has 168 valence electrons. The zero-order valence-corrected chi connectivity index (χ0v) is 19.3. The highest BCUT2D eigenvalue weighted by atomic mass is 35.5. The van der Waals surface area contributed by atoms with Crippen molar-refractivity contribution in [2.24, 2.45) is 5.10 Å². The van der Waals surface area contributed by atoms with Crippen molar-refractivity contribution in [2.45, 2.75) is 6.54 Å². The van der Waals surface area contributed by atoms with E-state index in [1.165, 1.54) is 11.3 Å². The first-order valence-corrected chi connectivity index (χ1v) is 11.4. The Bertz CT molecular complexity index is 1300. The number of fused-ring (bicyclic) bond motifs is 1. The molecule has 0 amide bonds. The van der Waals surface area contributed by atoms with E-state index in [0.717, 1.165) is 39.6 Å². The Labute approximate surface area is 199 Å². The normalized spacial score (nSPS) is 12.8. The maximum absolute atomic E-state index is 5.97. The number of nitrogens with one attached hydrogen (secondary N) is 1. The highest BCUT2D eigenvalue weighted by Gasteiger charge is 2.14. The van der Waals surface area contributed by atoms with Gasteiger partial charge in [0.2, 0.25) is 5.13 Å². The molecule has 2 aromatic heterocycles. The number of benzene rings is 2. The third-order valence-electron chi connectivity index (χ3n) is 4.95. The molecule has 4 aromatic rings. The Balaban J connectivity index is 1.27. The molecule has 0 saturated heterocycles. The lowest BCUT2D eigenvalue weighted by Crippen LogP contribution is -2.15. The predicted molar refractivity (Wildman–Crippen MR) is 129 cm³/mol. The molecule has 0 aliphatic carbocycles. The van der Waals surface area contributed by atoms with Gasteiger partial charge in [0.25, 0.3) is 0 Å². The van der Waals surface area contributed by atoms with E-state index in [0.29, 0.717) is 29.9 Å². The number of aromatic nitrogens is 3. The first kappa shape index (κ1) is 21.3. The van der Waals surface area contributed by atoms with Gasteiger partial charge in [-0.15, -0.1) is 11.3 Å². The quantitative estimate of drug-likeness (QED) is 0.297.